The quantitative estimate of drug-likeness (QED) is 0.324. The molecule has 0 aromatic heterocycles. The minimum absolute atomic E-state index is 0.0467. The molecule has 9 heteroatoms. The third-order valence-corrected chi connectivity index (χ3v) is 5.00. The molecule has 0 aliphatic carbocycles. The topological polar surface area (TPSA) is 39.7 Å². The first-order valence-corrected chi connectivity index (χ1v) is 9.60. The third kappa shape index (κ3) is 7.41. The first-order valence-electron chi connectivity index (χ1n) is 8.45. The molecule has 1 aliphatic rings. The second-order valence-corrected chi connectivity index (χ2v) is 7.23. The van der Waals surface area contributed by atoms with Gasteiger partial charge in [0.2, 0.25) is 0 Å². The fourth-order valence-corrected chi connectivity index (χ4v) is 3.62. The van der Waals surface area contributed by atoms with Gasteiger partial charge in [-0.15, -0.1) is 0 Å². The Balaban J connectivity index is 1.63. The molecule has 4 nitrogen and oxygen atoms in total. The average Bonchev–Trinajstić information content (AvgIpc) is 3.00. The fourth-order valence-electron chi connectivity index (χ4n) is 2.77. The molecule has 0 saturated carbocycles. The molecule has 1 unspecified atom stereocenters. The van der Waals surface area contributed by atoms with Crippen molar-refractivity contribution in [1.82, 2.24) is 15.5 Å². The van der Waals surface area contributed by atoms with Crippen molar-refractivity contribution in [3.8, 4) is 0 Å². The first-order chi connectivity index (χ1) is 12.4. The number of halogens is 4. The molecule has 0 radical (unpaired) electrons. The van der Waals surface area contributed by atoms with Crippen molar-refractivity contribution < 1.29 is 17.6 Å². The van der Waals surface area contributed by atoms with Crippen LogP contribution in [0, 0.1) is 5.82 Å². The highest BCUT2D eigenvalue weighted by molar-refractivity contribution is 7.98. The van der Waals surface area contributed by atoms with Crippen LogP contribution >= 0.6 is 11.8 Å². The van der Waals surface area contributed by atoms with Crippen LogP contribution in [0.1, 0.15) is 12.0 Å². The summed E-state index contributed by atoms with van der Waals surface area (Å²) >= 11 is 1.60. The lowest BCUT2D eigenvalue weighted by atomic mass is 10.2. The number of nitrogens with zero attached hydrogens (tertiary/aromatic N) is 2. The summed E-state index contributed by atoms with van der Waals surface area (Å²) in [4.78, 5) is 5.50. The van der Waals surface area contributed by atoms with Crippen LogP contribution in [-0.2, 0) is 5.75 Å². The van der Waals surface area contributed by atoms with Crippen molar-refractivity contribution in [2.24, 2.45) is 4.99 Å². The van der Waals surface area contributed by atoms with E-state index in [-0.39, 0.29) is 11.9 Å². The van der Waals surface area contributed by atoms with Crippen LogP contribution in [0.5, 0.6) is 0 Å². The van der Waals surface area contributed by atoms with Crippen molar-refractivity contribution in [2.45, 2.75) is 24.4 Å². The molecule has 1 aromatic rings. The van der Waals surface area contributed by atoms with Crippen molar-refractivity contribution in [2.75, 3.05) is 39.0 Å². The summed E-state index contributed by atoms with van der Waals surface area (Å²) in [6, 6.07) is 6.65. The molecule has 1 atom stereocenters. The molecule has 2 rings (SSSR count). The number of thioether (sulfide) groups is 1. The summed E-state index contributed by atoms with van der Waals surface area (Å²) in [6.45, 7) is 0.538. The molecule has 2 N–H and O–H groups in total. The number of likely N-dealkylation sites (tertiary alicyclic amines) is 1. The summed E-state index contributed by atoms with van der Waals surface area (Å²) in [5.74, 6) is 1.74. The largest absolute Gasteiger partial charge is 0.401 e. The Bertz CT molecular complexity index is 594. The molecule has 1 fully saturated rings. The van der Waals surface area contributed by atoms with Gasteiger partial charge in [-0.3, -0.25) is 9.89 Å². The molecule has 26 heavy (non-hydrogen) atoms. The Hall–Kier alpha value is -1.48. The van der Waals surface area contributed by atoms with E-state index in [1.165, 1.54) is 11.0 Å². The summed E-state index contributed by atoms with van der Waals surface area (Å²) < 4.78 is 50.8. The molecule has 0 spiro atoms. The Morgan fingerprint density at radius 1 is 1.35 bits per heavy atom. The highest BCUT2D eigenvalue weighted by Gasteiger charge is 2.34. The third-order valence-electron chi connectivity index (χ3n) is 3.99. The second-order valence-electron chi connectivity index (χ2n) is 6.12. The number of benzene rings is 1. The van der Waals surface area contributed by atoms with Gasteiger partial charge >= 0.3 is 6.18 Å². The minimum atomic E-state index is -4.16. The van der Waals surface area contributed by atoms with E-state index in [2.05, 4.69) is 15.6 Å². The molecule has 0 amide bonds. The van der Waals surface area contributed by atoms with Gasteiger partial charge in [-0.1, -0.05) is 18.2 Å². The number of hydrogen-bond donors (Lipinski definition) is 2. The summed E-state index contributed by atoms with van der Waals surface area (Å²) in [5, 5.41) is 6.30. The molecular weight excluding hydrogens is 368 g/mol. The van der Waals surface area contributed by atoms with Crippen LogP contribution in [0.25, 0.3) is 0 Å². The van der Waals surface area contributed by atoms with Gasteiger partial charge in [-0.05, 0) is 18.1 Å². The Labute approximate surface area is 155 Å². The zero-order valence-electron chi connectivity index (χ0n) is 14.7. The maximum absolute atomic E-state index is 13.5. The maximum Gasteiger partial charge on any atom is 0.401 e. The van der Waals surface area contributed by atoms with Crippen LogP contribution in [0.4, 0.5) is 17.6 Å². The van der Waals surface area contributed by atoms with Gasteiger partial charge in [0.1, 0.15) is 5.82 Å². The smallest absolute Gasteiger partial charge is 0.356 e. The van der Waals surface area contributed by atoms with Crippen LogP contribution in [0.15, 0.2) is 29.3 Å². The van der Waals surface area contributed by atoms with Gasteiger partial charge in [0.15, 0.2) is 5.96 Å². The van der Waals surface area contributed by atoms with E-state index in [0.717, 1.165) is 5.75 Å². The van der Waals surface area contributed by atoms with Gasteiger partial charge in [0, 0.05) is 44.2 Å². The summed E-state index contributed by atoms with van der Waals surface area (Å²) in [6.07, 6.45) is -3.51. The van der Waals surface area contributed by atoms with Crippen molar-refractivity contribution in [1.29, 1.82) is 0 Å². The van der Waals surface area contributed by atoms with Crippen molar-refractivity contribution >= 4 is 17.7 Å². The monoisotopic (exact) mass is 392 g/mol. The van der Waals surface area contributed by atoms with E-state index in [0.29, 0.717) is 43.3 Å². The maximum atomic E-state index is 13.5. The van der Waals surface area contributed by atoms with E-state index in [4.69, 9.17) is 0 Å². The number of hydrogen-bond acceptors (Lipinski definition) is 3. The van der Waals surface area contributed by atoms with E-state index in [1.807, 2.05) is 6.07 Å². The highest BCUT2D eigenvalue weighted by atomic mass is 32.2. The first kappa shape index (κ1) is 20.8. The molecule has 0 bridgehead atoms. The predicted molar refractivity (Wildman–Crippen MR) is 98.0 cm³/mol. The molecule has 146 valence electrons. The molecule has 1 heterocycles. The van der Waals surface area contributed by atoms with Gasteiger partial charge in [-0.2, -0.15) is 24.9 Å². The van der Waals surface area contributed by atoms with Crippen LogP contribution in [0.2, 0.25) is 0 Å². The predicted octanol–water partition coefficient (Wildman–Crippen LogP) is 2.86. The van der Waals surface area contributed by atoms with Crippen LogP contribution < -0.4 is 10.6 Å². The minimum Gasteiger partial charge on any atom is -0.356 e. The van der Waals surface area contributed by atoms with Gasteiger partial charge in [-0.25, -0.2) is 4.39 Å². The molecule has 1 aliphatic heterocycles. The fraction of sp³-hybridized carbons (Fsp3) is 0.588. The van der Waals surface area contributed by atoms with Gasteiger partial charge in [0.25, 0.3) is 0 Å². The normalized spacial score (nSPS) is 19.0. The van der Waals surface area contributed by atoms with Gasteiger partial charge in [0.05, 0.1) is 6.54 Å². The second kappa shape index (κ2) is 10.0. The van der Waals surface area contributed by atoms with E-state index in [9.17, 15) is 17.6 Å². The van der Waals surface area contributed by atoms with E-state index in [1.54, 1.807) is 30.9 Å². The highest BCUT2D eigenvalue weighted by Crippen LogP contribution is 2.20. The van der Waals surface area contributed by atoms with Gasteiger partial charge < -0.3 is 10.6 Å². The number of rotatable bonds is 7. The number of guanidine groups is 1. The van der Waals surface area contributed by atoms with E-state index >= 15 is 0 Å². The summed E-state index contributed by atoms with van der Waals surface area (Å²) in [5.41, 5.74) is 0.677. The van der Waals surface area contributed by atoms with Crippen molar-refractivity contribution in [3.05, 3.63) is 35.6 Å². The Morgan fingerprint density at radius 3 is 2.81 bits per heavy atom. The SMILES string of the molecule is CN=C(NCCSCc1ccccc1F)NC1CCN(CC(F)(F)F)C1. The lowest BCUT2D eigenvalue weighted by Crippen LogP contribution is -2.45. The number of aliphatic imine (C=N–C) groups is 1. The zero-order chi connectivity index (χ0) is 19.0. The standard InChI is InChI=1S/C17H24F4N4S/c1-22-16(24-14-6-8-25(10-14)12-17(19,20)21)23-7-9-26-11-13-4-2-3-5-15(13)18/h2-5,14H,6-12H2,1H3,(H2,22,23,24). The molecular formula is C17H24F4N4S. The lowest BCUT2D eigenvalue weighted by Gasteiger charge is -2.19. The van der Waals surface area contributed by atoms with Crippen LogP contribution in [0.3, 0.4) is 0 Å². The average molecular weight is 392 g/mol. The molecule has 1 aromatic carbocycles. The van der Waals surface area contributed by atoms with E-state index < -0.39 is 12.7 Å². The summed E-state index contributed by atoms with van der Waals surface area (Å²) in [7, 11) is 1.63. The Kier molecular flexibility index (Phi) is 8.02. The lowest BCUT2D eigenvalue weighted by molar-refractivity contribution is -0.143. The van der Waals surface area contributed by atoms with Crippen LogP contribution in [-0.4, -0.2) is 62.1 Å². The Morgan fingerprint density at radius 2 is 2.12 bits per heavy atom. The number of nitrogens with one attached hydrogen (secondary N) is 2. The number of alkyl halides is 3. The van der Waals surface area contributed by atoms with Crippen molar-refractivity contribution in [3.63, 3.8) is 0 Å². The zero-order valence-corrected chi connectivity index (χ0v) is 15.5. The molecule has 1 saturated heterocycles.